The first kappa shape index (κ1) is 15.0. The van der Waals surface area contributed by atoms with Gasteiger partial charge >= 0.3 is 0 Å². The number of hydrogen-bond acceptors (Lipinski definition) is 4. The second-order valence-corrected chi connectivity index (χ2v) is 7.63. The van der Waals surface area contributed by atoms with Gasteiger partial charge in [0.2, 0.25) is 10.0 Å². The predicted octanol–water partition coefficient (Wildman–Crippen LogP) is 1.09. The lowest BCUT2D eigenvalue weighted by Gasteiger charge is -2.32. The zero-order valence-electron chi connectivity index (χ0n) is 12.4. The minimum Gasteiger partial charge on any atom is -0.379 e. The Morgan fingerprint density at radius 2 is 1.86 bits per heavy atom. The average molecular weight is 310 g/mol. The Balaban J connectivity index is 1.74. The summed E-state index contributed by atoms with van der Waals surface area (Å²) in [5.74, 6) is 0. The maximum absolute atomic E-state index is 12.8. The summed E-state index contributed by atoms with van der Waals surface area (Å²) < 4.78 is 32.5. The van der Waals surface area contributed by atoms with E-state index in [-0.39, 0.29) is 0 Å². The molecule has 0 aliphatic carbocycles. The van der Waals surface area contributed by atoms with E-state index in [1.807, 2.05) is 19.1 Å². The standard InChI is InChI=1S/C15H22N2O3S/c1-13-4-2-3-5-15(13)21(18,19)17-7-6-14(12-17)16-8-10-20-11-9-16/h2-5,14H,6-12H2,1H3. The van der Waals surface area contributed by atoms with Crippen LogP contribution in [0.4, 0.5) is 0 Å². The Hall–Kier alpha value is -0.950. The van der Waals surface area contributed by atoms with Crippen LogP contribution in [0.2, 0.25) is 0 Å². The summed E-state index contributed by atoms with van der Waals surface area (Å²) in [5, 5.41) is 0. The van der Waals surface area contributed by atoms with Crippen molar-refractivity contribution in [1.29, 1.82) is 0 Å². The van der Waals surface area contributed by atoms with Gasteiger partial charge in [0.05, 0.1) is 18.1 Å². The molecule has 0 spiro atoms. The molecule has 0 saturated carbocycles. The third kappa shape index (κ3) is 2.99. The molecule has 0 radical (unpaired) electrons. The molecular formula is C15H22N2O3S. The Morgan fingerprint density at radius 1 is 1.14 bits per heavy atom. The molecule has 0 bridgehead atoms. The number of nitrogens with zero attached hydrogens (tertiary/aromatic N) is 2. The van der Waals surface area contributed by atoms with Crippen LogP contribution in [0.1, 0.15) is 12.0 Å². The molecule has 1 atom stereocenters. The van der Waals surface area contributed by atoms with E-state index in [4.69, 9.17) is 4.74 Å². The highest BCUT2D eigenvalue weighted by Gasteiger charge is 2.36. The molecule has 116 valence electrons. The van der Waals surface area contributed by atoms with Crippen molar-refractivity contribution in [3.63, 3.8) is 0 Å². The van der Waals surface area contributed by atoms with Crippen LogP contribution < -0.4 is 0 Å². The van der Waals surface area contributed by atoms with Crippen molar-refractivity contribution in [3.05, 3.63) is 29.8 Å². The first-order valence-corrected chi connectivity index (χ1v) is 8.90. The Labute approximate surface area is 126 Å². The Morgan fingerprint density at radius 3 is 2.57 bits per heavy atom. The van der Waals surface area contributed by atoms with Crippen LogP contribution in [0.15, 0.2) is 29.2 Å². The first-order valence-electron chi connectivity index (χ1n) is 7.46. The number of rotatable bonds is 3. The van der Waals surface area contributed by atoms with Gasteiger partial charge in [-0.05, 0) is 25.0 Å². The summed E-state index contributed by atoms with van der Waals surface area (Å²) in [4.78, 5) is 2.80. The molecule has 1 unspecified atom stereocenters. The van der Waals surface area contributed by atoms with Gasteiger partial charge in [0.15, 0.2) is 0 Å². The third-order valence-electron chi connectivity index (χ3n) is 4.40. The highest BCUT2D eigenvalue weighted by Crippen LogP contribution is 2.25. The summed E-state index contributed by atoms with van der Waals surface area (Å²) in [6.45, 7) is 6.37. The molecule has 6 heteroatoms. The fraction of sp³-hybridized carbons (Fsp3) is 0.600. The molecule has 2 aliphatic rings. The number of sulfonamides is 1. The van der Waals surface area contributed by atoms with Crippen molar-refractivity contribution < 1.29 is 13.2 Å². The fourth-order valence-corrected chi connectivity index (χ4v) is 4.87. The number of aryl methyl sites for hydroxylation is 1. The van der Waals surface area contributed by atoms with Gasteiger partial charge in [0, 0.05) is 32.2 Å². The summed E-state index contributed by atoms with van der Waals surface area (Å²) in [6.07, 6.45) is 0.908. The normalized spacial score (nSPS) is 25.3. The summed E-state index contributed by atoms with van der Waals surface area (Å²) in [5.41, 5.74) is 0.812. The maximum Gasteiger partial charge on any atom is 0.243 e. The second kappa shape index (κ2) is 6.04. The molecule has 2 aliphatic heterocycles. The molecule has 1 aromatic rings. The molecule has 2 fully saturated rings. The molecule has 0 amide bonds. The van der Waals surface area contributed by atoms with Crippen molar-refractivity contribution in [2.75, 3.05) is 39.4 Å². The molecule has 5 nitrogen and oxygen atoms in total. The topological polar surface area (TPSA) is 49.9 Å². The lowest BCUT2D eigenvalue weighted by Crippen LogP contribution is -2.45. The molecule has 0 aromatic heterocycles. The van der Waals surface area contributed by atoms with E-state index < -0.39 is 10.0 Å². The van der Waals surface area contributed by atoms with E-state index in [0.29, 0.717) is 24.0 Å². The van der Waals surface area contributed by atoms with E-state index in [1.165, 1.54) is 0 Å². The summed E-state index contributed by atoms with van der Waals surface area (Å²) >= 11 is 0. The largest absolute Gasteiger partial charge is 0.379 e. The summed E-state index contributed by atoms with van der Waals surface area (Å²) in [7, 11) is -3.37. The predicted molar refractivity (Wildman–Crippen MR) is 80.7 cm³/mol. The van der Waals surface area contributed by atoms with Gasteiger partial charge in [-0.1, -0.05) is 18.2 Å². The van der Waals surface area contributed by atoms with E-state index >= 15 is 0 Å². The molecule has 2 saturated heterocycles. The van der Waals surface area contributed by atoms with E-state index in [1.54, 1.807) is 16.4 Å². The number of hydrogen-bond donors (Lipinski definition) is 0. The lowest BCUT2D eigenvalue weighted by atomic mass is 10.2. The molecule has 21 heavy (non-hydrogen) atoms. The first-order chi connectivity index (χ1) is 10.1. The van der Waals surface area contributed by atoms with Crippen molar-refractivity contribution in [3.8, 4) is 0 Å². The minimum absolute atomic E-state index is 0.327. The zero-order valence-corrected chi connectivity index (χ0v) is 13.2. The maximum atomic E-state index is 12.8. The zero-order chi connectivity index (χ0) is 14.9. The second-order valence-electron chi connectivity index (χ2n) is 5.72. The van der Waals surface area contributed by atoms with Crippen molar-refractivity contribution in [2.24, 2.45) is 0 Å². The highest BCUT2D eigenvalue weighted by molar-refractivity contribution is 7.89. The van der Waals surface area contributed by atoms with Gasteiger partial charge < -0.3 is 4.74 Å². The van der Waals surface area contributed by atoms with Gasteiger partial charge in [-0.3, -0.25) is 4.90 Å². The summed E-state index contributed by atoms with van der Waals surface area (Å²) in [6, 6.07) is 7.53. The molecule has 0 N–H and O–H groups in total. The monoisotopic (exact) mass is 310 g/mol. The van der Waals surface area contributed by atoms with Crippen LogP contribution in [-0.4, -0.2) is 63.1 Å². The average Bonchev–Trinajstić information content (AvgIpc) is 2.99. The van der Waals surface area contributed by atoms with Crippen molar-refractivity contribution in [2.45, 2.75) is 24.3 Å². The van der Waals surface area contributed by atoms with E-state index in [9.17, 15) is 8.42 Å². The lowest BCUT2D eigenvalue weighted by molar-refractivity contribution is 0.0197. The third-order valence-corrected chi connectivity index (χ3v) is 6.42. The number of benzene rings is 1. The van der Waals surface area contributed by atoms with Crippen LogP contribution >= 0.6 is 0 Å². The van der Waals surface area contributed by atoms with E-state index in [0.717, 1.165) is 38.3 Å². The quantitative estimate of drug-likeness (QED) is 0.838. The smallest absolute Gasteiger partial charge is 0.243 e. The fourth-order valence-electron chi connectivity index (χ4n) is 3.15. The van der Waals surface area contributed by atoms with Crippen molar-refractivity contribution in [1.82, 2.24) is 9.21 Å². The van der Waals surface area contributed by atoms with E-state index in [2.05, 4.69) is 4.90 Å². The number of morpholine rings is 1. The van der Waals surface area contributed by atoms with Crippen LogP contribution in [0.5, 0.6) is 0 Å². The molecule has 3 rings (SSSR count). The minimum atomic E-state index is -3.37. The molecule has 2 heterocycles. The highest BCUT2D eigenvalue weighted by atomic mass is 32.2. The van der Waals surface area contributed by atoms with Crippen LogP contribution in [0.3, 0.4) is 0 Å². The Kier molecular flexibility index (Phi) is 4.31. The van der Waals surface area contributed by atoms with Gasteiger partial charge in [-0.25, -0.2) is 8.42 Å². The van der Waals surface area contributed by atoms with Crippen LogP contribution in [0, 0.1) is 6.92 Å². The van der Waals surface area contributed by atoms with Crippen LogP contribution in [0.25, 0.3) is 0 Å². The molecule has 1 aromatic carbocycles. The molecular weight excluding hydrogens is 288 g/mol. The van der Waals surface area contributed by atoms with Crippen LogP contribution in [-0.2, 0) is 14.8 Å². The van der Waals surface area contributed by atoms with Gasteiger partial charge in [-0.2, -0.15) is 4.31 Å². The van der Waals surface area contributed by atoms with Gasteiger partial charge in [0.25, 0.3) is 0 Å². The SMILES string of the molecule is Cc1ccccc1S(=O)(=O)N1CCC(N2CCOCC2)C1. The number of ether oxygens (including phenoxy) is 1. The van der Waals surface area contributed by atoms with Gasteiger partial charge in [0.1, 0.15) is 0 Å². The Bertz CT molecular complexity index is 597. The van der Waals surface area contributed by atoms with Crippen molar-refractivity contribution >= 4 is 10.0 Å². The van der Waals surface area contributed by atoms with Gasteiger partial charge in [-0.15, -0.1) is 0 Å².